The van der Waals surface area contributed by atoms with Crippen LogP contribution in [0, 0.1) is 20.8 Å². The third kappa shape index (κ3) is 3.43. The SMILES string of the molecule is CCOc1cc(C)c(CCc2cn(CC)nn2)c(C)c1C. The molecule has 0 amide bonds. The van der Waals surface area contributed by atoms with Gasteiger partial charge in [0.15, 0.2) is 0 Å². The summed E-state index contributed by atoms with van der Waals surface area (Å²) in [6.45, 7) is 12.1. The topological polar surface area (TPSA) is 39.9 Å². The van der Waals surface area contributed by atoms with Gasteiger partial charge in [-0.05, 0) is 75.8 Å². The second-order valence-corrected chi connectivity index (χ2v) is 5.42. The molecule has 0 aliphatic heterocycles. The Kier molecular flexibility index (Phi) is 4.99. The highest BCUT2D eigenvalue weighted by molar-refractivity contribution is 5.48. The fourth-order valence-corrected chi connectivity index (χ4v) is 2.65. The number of aryl methyl sites for hydroxylation is 3. The number of hydrogen-bond donors (Lipinski definition) is 0. The predicted octanol–water partition coefficient (Wildman–Crippen LogP) is 3.41. The highest BCUT2D eigenvalue weighted by atomic mass is 16.5. The van der Waals surface area contributed by atoms with Crippen LogP contribution in [0.15, 0.2) is 12.3 Å². The first-order valence-corrected chi connectivity index (χ1v) is 7.68. The second kappa shape index (κ2) is 6.74. The predicted molar refractivity (Wildman–Crippen MR) is 84.9 cm³/mol. The van der Waals surface area contributed by atoms with Crippen molar-refractivity contribution in [3.8, 4) is 5.75 Å². The molecule has 1 heterocycles. The van der Waals surface area contributed by atoms with Gasteiger partial charge < -0.3 is 4.74 Å². The molecule has 0 spiro atoms. The van der Waals surface area contributed by atoms with E-state index >= 15 is 0 Å². The standard InChI is InChI=1S/C17H25N3O/c1-6-20-11-15(18-19-20)8-9-16-12(3)10-17(21-7-2)14(5)13(16)4/h10-11H,6-9H2,1-5H3. The van der Waals surface area contributed by atoms with Crippen LogP contribution in [0.1, 0.15) is 41.8 Å². The van der Waals surface area contributed by atoms with Gasteiger partial charge in [0.1, 0.15) is 5.75 Å². The van der Waals surface area contributed by atoms with Gasteiger partial charge in [0.2, 0.25) is 0 Å². The highest BCUT2D eigenvalue weighted by Crippen LogP contribution is 2.28. The molecule has 21 heavy (non-hydrogen) atoms. The van der Waals surface area contributed by atoms with E-state index in [1.165, 1.54) is 22.3 Å². The van der Waals surface area contributed by atoms with E-state index in [9.17, 15) is 0 Å². The van der Waals surface area contributed by atoms with Gasteiger partial charge in [0, 0.05) is 12.7 Å². The molecule has 2 rings (SSSR count). The minimum Gasteiger partial charge on any atom is -0.494 e. The zero-order valence-electron chi connectivity index (χ0n) is 13.7. The van der Waals surface area contributed by atoms with Crippen molar-refractivity contribution in [3.63, 3.8) is 0 Å². The summed E-state index contributed by atoms with van der Waals surface area (Å²) in [6.07, 6.45) is 3.95. The zero-order chi connectivity index (χ0) is 15.4. The van der Waals surface area contributed by atoms with Crippen LogP contribution in [0.5, 0.6) is 5.75 Å². The number of nitrogens with zero attached hydrogens (tertiary/aromatic N) is 3. The summed E-state index contributed by atoms with van der Waals surface area (Å²) in [7, 11) is 0. The Bertz CT molecular complexity index is 617. The molecular weight excluding hydrogens is 262 g/mol. The van der Waals surface area contributed by atoms with Crippen LogP contribution in [0.2, 0.25) is 0 Å². The van der Waals surface area contributed by atoms with Crippen LogP contribution in [-0.2, 0) is 19.4 Å². The van der Waals surface area contributed by atoms with Gasteiger partial charge in [-0.2, -0.15) is 0 Å². The summed E-state index contributed by atoms with van der Waals surface area (Å²) in [6, 6.07) is 2.16. The maximum absolute atomic E-state index is 5.71. The first-order valence-electron chi connectivity index (χ1n) is 7.68. The number of benzene rings is 1. The van der Waals surface area contributed by atoms with E-state index in [-0.39, 0.29) is 0 Å². The van der Waals surface area contributed by atoms with E-state index in [2.05, 4.69) is 44.1 Å². The third-order valence-electron chi connectivity index (χ3n) is 4.05. The molecule has 2 aromatic rings. The monoisotopic (exact) mass is 287 g/mol. The van der Waals surface area contributed by atoms with E-state index in [0.717, 1.165) is 30.8 Å². The molecule has 0 radical (unpaired) electrons. The fraction of sp³-hybridized carbons (Fsp3) is 0.529. The summed E-state index contributed by atoms with van der Waals surface area (Å²) in [5.41, 5.74) is 6.34. The molecule has 0 unspecified atom stereocenters. The zero-order valence-corrected chi connectivity index (χ0v) is 13.7. The number of rotatable bonds is 6. The van der Waals surface area contributed by atoms with Crippen LogP contribution in [0.4, 0.5) is 0 Å². The van der Waals surface area contributed by atoms with Crippen molar-refractivity contribution < 1.29 is 4.74 Å². The molecule has 0 bridgehead atoms. The van der Waals surface area contributed by atoms with E-state index in [0.29, 0.717) is 6.61 Å². The maximum Gasteiger partial charge on any atom is 0.122 e. The minimum absolute atomic E-state index is 0.708. The van der Waals surface area contributed by atoms with Crippen LogP contribution in [0.25, 0.3) is 0 Å². The Morgan fingerprint density at radius 3 is 2.48 bits per heavy atom. The summed E-state index contributed by atoms with van der Waals surface area (Å²) in [5, 5.41) is 8.31. The van der Waals surface area contributed by atoms with E-state index in [1.54, 1.807) is 0 Å². The molecule has 1 aromatic carbocycles. The Morgan fingerprint density at radius 2 is 1.86 bits per heavy atom. The Hall–Kier alpha value is -1.84. The molecule has 1 aromatic heterocycles. The van der Waals surface area contributed by atoms with Gasteiger partial charge in [0.05, 0.1) is 12.3 Å². The largest absolute Gasteiger partial charge is 0.494 e. The summed E-state index contributed by atoms with van der Waals surface area (Å²) < 4.78 is 7.58. The molecule has 0 saturated carbocycles. The lowest BCUT2D eigenvalue weighted by molar-refractivity contribution is 0.337. The van der Waals surface area contributed by atoms with Gasteiger partial charge in [-0.3, -0.25) is 4.68 Å². The Morgan fingerprint density at radius 1 is 1.10 bits per heavy atom. The van der Waals surface area contributed by atoms with E-state index < -0.39 is 0 Å². The number of ether oxygens (including phenoxy) is 1. The van der Waals surface area contributed by atoms with E-state index in [1.807, 2.05) is 17.8 Å². The molecule has 0 aliphatic rings. The van der Waals surface area contributed by atoms with Crippen LogP contribution in [0.3, 0.4) is 0 Å². The lowest BCUT2D eigenvalue weighted by Gasteiger charge is -2.16. The van der Waals surface area contributed by atoms with Crippen molar-refractivity contribution >= 4 is 0 Å². The number of aromatic nitrogens is 3. The average molecular weight is 287 g/mol. The quantitative estimate of drug-likeness (QED) is 0.817. The van der Waals surface area contributed by atoms with Crippen LogP contribution < -0.4 is 4.74 Å². The molecular formula is C17H25N3O. The summed E-state index contributed by atoms with van der Waals surface area (Å²) >= 11 is 0. The molecule has 0 atom stereocenters. The summed E-state index contributed by atoms with van der Waals surface area (Å²) in [4.78, 5) is 0. The van der Waals surface area contributed by atoms with Gasteiger partial charge in [-0.15, -0.1) is 5.10 Å². The maximum atomic E-state index is 5.71. The van der Waals surface area contributed by atoms with Gasteiger partial charge in [0.25, 0.3) is 0 Å². The molecule has 0 fully saturated rings. The molecule has 4 heteroatoms. The first kappa shape index (κ1) is 15.5. The lowest BCUT2D eigenvalue weighted by atomic mass is 9.93. The first-order chi connectivity index (χ1) is 10.1. The molecule has 0 N–H and O–H groups in total. The minimum atomic E-state index is 0.708. The van der Waals surface area contributed by atoms with Crippen molar-refractivity contribution in [3.05, 3.63) is 40.2 Å². The van der Waals surface area contributed by atoms with Gasteiger partial charge >= 0.3 is 0 Å². The van der Waals surface area contributed by atoms with Crippen molar-refractivity contribution in [2.24, 2.45) is 0 Å². The van der Waals surface area contributed by atoms with Crippen molar-refractivity contribution in [2.45, 2.75) is 54.0 Å². The van der Waals surface area contributed by atoms with Gasteiger partial charge in [-0.1, -0.05) is 5.21 Å². The van der Waals surface area contributed by atoms with Crippen LogP contribution >= 0.6 is 0 Å². The Labute approximate surface area is 127 Å². The van der Waals surface area contributed by atoms with Crippen molar-refractivity contribution in [1.29, 1.82) is 0 Å². The molecule has 0 saturated heterocycles. The van der Waals surface area contributed by atoms with Crippen molar-refractivity contribution in [2.75, 3.05) is 6.61 Å². The third-order valence-corrected chi connectivity index (χ3v) is 4.05. The fourth-order valence-electron chi connectivity index (χ4n) is 2.65. The molecule has 4 nitrogen and oxygen atoms in total. The normalized spacial score (nSPS) is 10.9. The second-order valence-electron chi connectivity index (χ2n) is 5.42. The highest BCUT2D eigenvalue weighted by Gasteiger charge is 2.12. The lowest BCUT2D eigenvalue weighted by Crippen LogP contribution is -2.03. The Balaban J connectivity index is 2.18. The van der Waals surface area contributed by atoms with Crippen molar-refractivity contribution in [1.82, 2.24) is 15.0 Å². The summed E-state index contributed by atoms with van der Waals surface area (Å²) in [5.74, 6) is 1.01. The van der Waals surface area contributed by atoms with Crippen LogP contribution in [-0.4, -0.2) is 21.6 Å². The molecule has 114 valence electrons. The van der Waals surface area contributed by atoms with E-state index in [4.69, 9.17) is 4.74 Å². The number of hydrogen-bond acceptors (Lipinski definition) is 3. The van der Waals surface area contributed by atoms with Gasteiger partial charge in [-0.25, -0.2) is 0 Å². The smallest absolute Gasteiger partial charge is 0.122 e. The molecule has 0 aliphatic carbocycles. The average Bonchev–Trinajstić information content (AvgIpc) is 2.92.